The number of carbonyl (C=O) groups excluding carboxylic acids is 1. The molecule has 0 fully saturated rings. The van der Waals surface area contributed by atoms with Crippen LogP contribution >= 0.6 is 0 Å². The van der Waals surface area contributed by atoms with E-state index in [1.54, 1.807) is 54.6 Å². The number of methoxy groups -OCH3 is 2. The van der Waals surface area contributed by atoms with Gasteiger partial charge in [0.2, 0.25) is 10.0 Å². The highest BCUT2D eigenvalue weighted by molar-refractivity contribution is 7.92. The summed E-state index contributed by atoms with van der Waals surface area (Å²) in [6.45, 7) is 2.00. The molecule has 4 aromatic rings. The van der Waals surface area contributed by atoms with Crippen LogP contribution in [0.2, 0.25) is 0 Å². The Bertz CT molecular complexity index is 1790. The smallest absolute Gasteiger partial charge is 0.262 e. The van der Waals surface area contributed by atoms with E-state index in [-0.39, 0.29) is 17.1 Å². The average molecular weight is 610 g/mol. The molecular formula is C30H31N3O7S2. The van der Waals surface area contributed by atoms with Gasteiger partial charge in [0.15, 0.2) is 0 Å². The van der Waals surface area contributed by atoms with Crippen LogP contribution in [-0.4, -0.2) is 43.2 Å². The molecule has 0 aromatic heterocycles. The number of sulfonamides is 2. The maximum Gasteiger partial charge on any atom is 0.262 e. The second-order valence-electron chi connectivity index (χ2n) is 9.46. The van der Waals surface area contributed by atoms with Crippen LogP contribution in [0.3, 0.4) is 0 Å². The molecule has 0 aliphatic heterocycles. The lowest BCUT2D eigenvalue weighted by atomic mass is 10.1. The molecule has 2 N–H and O–H groups in total. The van der Waals surface area contributed by atoms with Crippen molar-refractivity contribution in [1.29, 1.82) is 0 Å². The number of hydrogen-bond acceptors (Lipinski definition) is 7. The summed E-state index contributed by atoms with van der Waals surface area (Å²) >= 11 is 0. The number of ether oxygens (including phenoxy) is 2. The van der Waals surface area contributed by atoms with Gasteiger partial charge in [0, 0.05) is 17.3 Å². The van der Waals surface area contributed by atoms with E-state index in [9.17, 15) is 21.6 Å². The highest BCUT2D eigenvalue weighted by Gasteiger charge is 2.19. The van der Waals surface area contributed by atoms with Gasteiger partial charge in [0.05, 0.1) is 43.3 Å². The van der Waals surface area contributed by atoms with Gasteiger partial charge in [0.1, 0.15) is 11.5 Å². The van der Waals surface area contributed by atoms with Crippen LogP contribution in [0.25, 0.3) is 0 Å². The molecule has 4 aromatic carbocycles. The Labute approximate surface area is 246 Å². The van der Waals surface area contributed by atoms with Crippen LogP contribution in [0.1, 0.15) is 21.5 Å². The Balaban J connectivity index is 1.43. The van der Waals surface area contributed by atoms with Gasteiger partial charge in [-0.25, -0.2) is 16.8 Å². The molecule has 220 valence electrons. The molecule has 0 bridgehead atoms. The first kappa shape index (κ1) is 30.4. The molecular weight excluding hydrogens is 578 g/mol. The van der Waals surface area contributed by atoms with Crippen molar-refractivity contribution in [2.24, 2.45) is 0 Å². The van der Waals surface area contributed by atoms with Crippen molar-refractivity contribution in [2.45, 2.75) is 18.4 Å². The van der Waals surface area contributed by atoms with Crippen molar-refractivity contribution >= 4 is 43.0 Å². The molecule has 42 heavy (non-hydrogen) atoms. The number of nitrogens with one attached hydrogen (secondary N) is 2. The third kappa shape index (κ3) is 7.39. The summed E-state index contributed by atoms with van der Waals surface area (Å²) in [5.41, 5.74) is 3.19. The first-order valence-electron chi connectivity index (χ1n) is 12.7. The summed E-state index contributed by atoms with van der Waals surface area (Å²) in [6, 6.07) is 24.2. The van der Waals surface area contributed by atoms with E-state index in [2.05, 4.69) is 10.0 Å². The Morgan fingerprint density at radius 2 is 1.52 bits per heavy atom. The molecule has 4 rings (SSSR count). The zero-order valence-electron chi connectivity index (χ0n) is 23.5. The van der Waals surface area contributed by atoms with E-state index >= 15 is 0 Å². The quantitative estimate of drug-likeness (QED) is 0.244. The van der Waals surface area contributed by atoms with Gasteiger partial charge in [-0.3, -0.25) is 13.8 Å². The van der Waals surface area contributed by atoms with Gasteiger partial charge in [-0.2, -0.15) is 0 Å². The van der Waals surface area contributed by atoms with E-state index < -0.39 is 26.0 Å². The van der Waals surface area contributed by atoms with Gasteiger partial charge in [-0.1, -0.05) is 24.3 Å². The van der Waals surface area contributed by atoms with Crippen LogP contribution in [0, 0.1) is 6.92 Å². The highest BCUT2D eigenvalue weighted by atomic mass is 32.2. The molecule has 0 saturated heterocycles. The van der Waals surface area contributed by atoms with Gasteiger partial charge >= 0.3 is 0 Å². The largest absolute Gasteiger partial charge is 0.497 e. The second-order valence-corrected chi connectivity index (χ2v) is 13.0. The molecule has 0 aliphatic carbocycles. The van der Waals surface area contributed by atoms with Crippen molar-refractivity contribution in [3.63, 3.8) is 0 Å². The zero-order valence-corrected chi connectivity index (χ0v) is 25.1. The minimum Gasteiger partial charge on any atom is -0.497 e. The molecule has 0 aliphatic rings. The average Bonchev–Trinajstić information content (AvgIpc) is 2.96. The first-order valence-corrected chi connectivity index (χ1v) is 16.0. The minimum atomic E-state index is -3.94. The Kier molecular flexibility index (Phi) is 9.08. The Morgan fingerprint density at radius 1 is 0.833 bits per heavy atom. The predicted octanol–water partition coefficient (Wildman–Crippen LogP) is 5.03. The lowest BCUT2D eigenvalue weighted by molar-refractivity contribution is 0.102. The van der Waals surface area contributed by atoms with Crippen LogP contribution in [0.4, 0.5) is 17.1 Å². The van der Waals surface area contributed by atoms with Crippen molar-refractivity contribution in [3.8, 4) is 11.5 Å². The Morgan fingerprint density at radius 3 is 2.12 bits per heavy atom. The number of carbonyl (C=O) groups is 1. The SMILES string of the molecule is COc1ccc(NS(=O)(=O)c2ccc(NC(=O)c3ccc(CN(c4cccc(C)c4)S(C)(=O)=O)cc3)cc2)c(OC)c1. The molecule has 10 nitrogen and oxygen atoms in total. The zero-order chi connectivity index (χ0) is 30.5. The molecule has 0 spiro atoms. The predicted molar refractivity (Wildman–Crippen MR) is 163 cm³/mol. The summed E-state index contributed by atoms with van der Waals surface area (Å²) in [5, 5.41) is 2.74. The maximum absolute atomic E-state index is 12.9. The summed E-state index contributed by atoms with van der Waals surface area (Å²) < 4.78 is 65.0. The second kappa shape index (κ2) is 12.5. The van der Waals surface area contributed by atoms with E-state index in [1.807, 2.05) is 13.0 Å². The van der Waals surface area contributed by atoms with Crippen LogP contribution in [0.5, 0.6) is 11.5 Å². The summed E-state index contributed by atoms with van der Waals surface area (Å²) in [6.07, 6.45) is 1.15. The molecule has 0 saturated carbocycles. The van der Waals surface area contributed by atoms with E-state index in [1.165, 1.54) is 48.9 Å². The lowest BCUT2D eigenvalue weighted by Crippen LogP contribution is -2.29. The van der Waals surface area contributed by atoms with Crippen LogP contribution in [-0.2, 0) is 26.6 Å². The third-order valence-corrected chi connectivity index (χ3v) is 8.83. The molecule has 12 heteroatoms. The summed E-state index contributed by atoms with van der Waals surface area (Å²) in [5.74, 6) is 0.409. The lowest BCUT2D eigenvalue weighted by Gasteiger charge is -2.23. The fraction of sp³-hybridized carbons (Fsp3) is 0.167. The number of hydrogen-bond donors (Lipinski definition) is 2. The molecule has 0 radical (unpaired) electrons. The van der Waals surface area contributed by atoms with E-state index in [0.717, 1.165) is 11.8 Å². The van der Waals surface area contributed by atoms with Gasteiger partial charge in [-0.15, -0.1) is 0 Å². The normalized spacial score (nSPS) is 11.4. The maximum atomic E-state index is 12.9. The molecule has 0 heterocycles. The molecule has 0 unspecified atom stereocenters. The number of benzene rings is 4. The first-order chi connectivity index (χ1) is 19.9. The fourth-order valence-corrected chi connectivity index (χ4v) is 6.07. The minimum absolute atomic E-state index is 0.00763. The Hall–Kier alpha value is -4.55. The molecule has 1 amide bonds. The number of rotatable bonds is 11. The van der Waals surface area contributed by atoms with Crippen molar-refractivity contribution in [3.05, 3.63) is 108 Å². The van der Waals surface area contributed by atoms with Crippen molar-refractivity contribution in [2.75, 3.05) is 34.8 Å². The third-order valence-electron chi connectivity index (χ3n) is 6.31. The van der Waals surface area contributed by atoms with E-state index in [4.69, 9.17) is 9.47 Å². The number of aryl methyl sites for hydroxylation is 1. The highest BCUT2D eigenvalue weighted by Crippen LogP contribution is 2.31. The number of anilines is 3. The summed E-state index contributed by atoms with van der Waals surface area (Å²) in [4.78, 5) is 12.8. The standard InChI is InChI=1S/C30H31N3O7S2/c1-21-6-5-7-25(18-21)33(41(4,35)36)20-22-8-10-23(11-9-22)30(34)31-24-12-15-27(16-13-24)42(37,38)32-28-17-14-26(39-2)19-29(28)40-3/h5-19,32H,20H2,1-4H3,(H,31,34). The van der Waals surface area contributed by atoms with Crippen molar-refractivity contribution in [1.82, 2.24) is 0 Å². The monoisotopic (exact) mass is 609 g/mol. The van der Waals surface area contributed by atoms with Gasteiger partial charge < -0.3 is 14.8 Å². The van der Waals surface area contributed by atoms with Gasteiger partial charge in [0.25, 0.3) is 15.9 Å². The number of amides is 1. The fourth-order valence-electron chi connectivity index (χ4n) is 4.12. The van der Waals surface area contributed by atoms with Crippen molar-refractivity contribution < 1.29 is 31.1 Å². The van der Waals surface area contributed by atoms with Crippen LogP contribution < -0.4 is 23.8 Å². The van der Waals surface area contributed by atoms with E-state index in [0.29, 0.717) is 34.0 Å². The topological polar surface area (TPSA) is 131 Å². The van der Waals surface area contributed by atoms with Crippen LogP contribution in [0.15, 0.2) is 95.9 Å². The number of nitrogens with zero attached hydrogens (tertiary/aromatic N) is 1. The summed E-state index contributed by atoms with van der Waals surface area (Å²) in [7, 11) is -4.56. The van der Waals surface area contributed by atoms with Gasteiger partial charge in [-0.05, 0) is 78.7 Å². The molecule has 0 atom stereocenters.